The third kappa shape index (κ3) is 3.23. The van der Waals surface area contributed by atoms with Gasteiger partial charge in [-0.25, -0.2) is 0 Å². The number of carbonyl (C=O) groups excluding carboxylic acids is 2. The molecule has 1 N–H and O–H groups in total. The lowest BCUT2D eigenvalue weighted by atomic mass is 10.00. The maximum absolute atomic E-state index is 12.9. The summed E-state index contributed by atoms with van der Waals surface area (Å²) in [7, 11) is 0. The lowest BCUT2D eigenvalue weighted by Gasteiger charge is -2.33. The van der Waals surface area contributed by atoms with Crippen molar-refractivity contribution in [2.24, 2.45) is 11.8 Å². The zero-order chi connectivity index (χ0) is 15.0. The Bertz CT molecular complexity index is 420. The first-order valence-corrected chi connectivity index (χ1v) is 8.27. The molecule has 0 radical (unpaired) electrons. The molecule has 2 saturated heterocycles. The van der Waals surface area contributed by atoms with Crippen LogP contribution in [0.15, 0.2) is 0 Å². The Morgan fingerprint density at radius 2 is 2.05 bits per heavy atom. The average Bonchev–Trinajstić information content (AvgIpc) is 3.17. The van der Waals surface area contributed by atoms with Crippen LogP contribution in [0.4, 0.5) is 0 Å². The molecule has 1 saturated carbocycles. The van der Waals surface area contributed by atoms with Crippen molar-refractivity contribution in [1.82, 2.24) is 10.2 Å². The van der Waals surface area contributed by atoms with E-state index in [2.05, 4.69) is 19.2 Å². The summed E-state index contributed by atoms with van der Waals surface area (Å²) in [6.07, 6.45) is 4.67. The second kappa shape index (κ2) is 5.95. The number of hydrogen-bond acceptors (Lipinski definition) is 3. The first-order valence-electron chi connectivity index (χ1n) is 8.27. The SMILES string of the molecule is CC(C)CC1NC(=O)CCN(C2CCOC2C2CC2)C1=O. The largest absolute Gasteiger partial charge is 0.376 e. The van der Waals surface area contributed by atoms with Gasteiger partial charge in [0.25, 0.3) is 0 Å². The van der Waals surface area contributed by atoms with Gasteiger partial charge in [0.15, 0.2) is 0 Å². The molecule has 3 aliphatic rings. The number of ether oxygens (including phenoxy) is 1. The highest BCUT2D eigenvalue weighted by Gasteiger charge is 2.46. The van der Waals surface area contributed by atoms with E-state index in [4.69, 9.17) is 4.74 Å². The summed E-state index contributed by atoms with van der Waals surface area (Å²) in [5.41, 5.74) is 0. The lowest BCUT2D eigenvalue weighted by Crippen LogP contribution is -2.51. The number of hydrogen-bond donors (Lipinski definition) is 1. The second-order valence-electron chi connectivity index (χ2n) is 7.06. The molecular formula is C16H26N2O3. The highest BCUT2D eigenvalue weighted by atomic mass is 16.5. The smallest absolute Gasteiger partial charge is 0.245 e. The summed E-state index contributed by atoms with van der Waals surface area (Å²) < 4.78 is 5.88. The van der Waals surface area contributed by atoms with E-state index in [1.54, 1.807) is 0 Å². The predicted molar refractivity (Wildman–Crippen MR) is 78.6 cm³/mol. The summed E-state index contributed by atoms with van der Waals surface area (Å²) in [6, 6.07) is -0.187. The van der Waals surface area contributed by atoms with E-state index >= 15 is 0 Å². The van der Waals surface area contributed by atoms with E-state index in [1.807, 2.05) is 4.90 Å². The molecule has 2 amide bonds. The van der Waals surface area contributed by atoms with Crippen molar-refractivity contribution in [2.75, 3.05) is 13.2 Å². The molecule has 21 heavy (non-hydrogen) atoms. The first-order chi connectivity index (χ1) is 10.1. The van der Waals surface area contributed by atoms with Crippen LogP contribution in [0.2, 0.25) is 0 Å². The van der Waals surface area contributed by atoms with Crippen LogP contribution in [0.3, 0.4) is 0 Å². The molecular weight excluding hydrogens is 268 g/mol. The van der Waals surface area contributed by atoms with Gasteiger partial charge in [0.2, 0.25) is 11.8 Å². The molecule has 5 heteroatoms. The molecule has 3 fully saturated rings. The molecule has 118 valence electrons. The molecule has 0 spiro atoms. The third-order valence-corrected chi connectivity index (χ3v) is 4.79. The maximum Gasteiger partial charge on any atom is 0.245 e. The van der Waals surface area contributed by atoms with Crippen molar-refractivity contribution >= 4 is 11.8 Å². The zero-order valence-electron chi connectivity index (χ0n) is 13.0. The van der Waals surface area contributed by atoms with Crippen molar-refractivity contribution in [2.45, 2.75) is 64.1 Å². The van der Waals surface area contributed by atoms with E-state index in [9.17, 15) is 9.59 Å². The van der Waals surface area contributed by atoms with Gasteiger partial charge >= 0.3 is 0 Å². The summed E-state index contributed by atoms with van der Waals surface area (Å²) >= 11 is 0. The van der Waals surface area contributed by atoms with Crippen molar-refractivity contribution in [3.63, 3.8) is 0 Å². The summed E-state index contributed by atoms with van der Waals surface area (Å²) in [5.74, 6) is 1.10. The minimum atomic E-state index is -0.361. The maximum atomic E-state index is 12.9. The van der Waals surface area contributed by atoms with Gasteiger partial charge < -0.3 is 15.0 Å². The fourth-order valence-corrected chi connectivity index (χ4v) is 3.63. The highest BCUT2D eigenvalue weighted by Crippen LogP contribution is 2.40. The van der Waals surface area contributed by atoms with Gasteiger partial charge in [-0.2, -0.15) is 0 Å². The monoisotopic (exact) mass is 294 g/mol. The minimum absolute atomic E-state index is 0.00149. The van der Waals surface area contributed by atoms with Crippen LogP contribution >= 0.6 is 0 Å². The van der Waals surface area contributed by atoms with E-state index in [0.717, 1.165) is 13.0 Å². The topological polar surface area (TPSA) is 58.6 Å². The highest BCUT2D eigenvalue weighted by molar-refractivity contribution is 5.90. The standard InChI is InChI=1S/C16H26N2O3/c1-10(2)9-12-16(20)18(7-5-14(19)17-12)13-6-8-21-15(13)11-3-4-11/h10-13,15H,3-9H2,1-2H3,(H,17,19). The number of rotatable bonds is 4. The van der Waals surface area contributed by atoms with Gasteiger partial charge in [0, 0.05) is 19.6 Å². The minimum Gasteiger partial charge on any atom is -0.376 e. The van der Waals surface area contributed by atoms with Crippen LogP contribution in [0.5, 0.6) is 0 Å². The molecule has 5 nitrogen and oxygen atoms in total. The summed E-state index contributed by atoms with van der Waals surface area (Å²) in [4.78, 5) is 26.7. The van der Waals surface area contributed by atoms with Gasteiger partial charge in [-0.15, -0.1) is 0 Å². The van der Waals surface area contributed by atoms with Crippen LogP contribution in [-0.4, -0.2) is 48.1 Å². The van der Waals surface area contributed by atoms with Crippen LogP contribution in [0.25, 0.3) is 0 Å². The zero-order valence-corrected chi connectivity index (χ0v) is 13.0. The average molecular weight is 294 g/mol. The molecule has 2 heterocycles. The first kappa shape index (κ1) is 14.8. The Kier molecular flexibility index (Phi) is 4.20. The fraction of sp³-hybridized carbons (Fsp3) is 0.875. The Hall–Kier alpha value is -1.10. The number of carbonyl (C=O) groups is 2. The summed E-state index contributed by atoms with van der Waals surface area (Å²) in [5, 5.41) is 2.90. The van der Waals surface area contributed by atoms with Gasteiger partial charge in [0.05, 0.1) is 12.1 Å². The number of nitrogens with zero attached hydrogens (tertiary/aromatic N) is 1. The van der Waals surface area contributed by atoms with Crippen molar-refractivity contribution < 1.29 is 14.3 Å². The molecule has 0 bridgehead atoms. The fourth-order valence-electron chi connectivity index (χ4n) is 3.63. The van der Waals surface area contributed by atoms with E-state index in [-0.39, 0.29) is 30.0 Å². The Morgan fingerprint density at radius 3 is 2.71 bits per heavy atom. The second-order valence-corrected chi connectivity index (χ2v) is 7.06. The normalized spacial score (nSPS) is 34.2. The molecule has 3 rings (SSSR count). The van der Waals surface area contributed by atoms with Crippen molar-refractivity contribution in [1.29, 1.82) is 0 Å². The van der Waals surface area contributed by atoms with Crippen molar-refractivity contribution in [3.8, 4) is 0 Å². The van der Waals surface area contributed by atoms with Crippen molar-refractivity contribution in [3.05, 3.63) is 0 Å². The van der Waals surface area contributed by atoms with E-state index in [1.165, 1.54) is 12.8 Å². The van der Waals surface area contributed by atoms with Crippen LogP contribution in [-0.2, 0) is 14.3 Å². The van der Waals surface area contributed by atoms with Gasteiger partial charge in [-0.1, -0.05) is 13.8 Å². The van der Waals surface area contributed by atoms with Crippen LogP contribution < -0.4 is 5.32 Å². The Balaban J connectivity index is 1.75. The van der Waals surface area contributed by atoms with Crippen LogP contribution in [0.1, 0.15) is 46.0 Å². The van der Waals surface area contributed by atoms with Crippen LogP contribution in [0, 0.1) is 11.8 Å². The van der Waals surface area contributed by atoms with Gasteiger partial charge in [0.1, 0.15) is 6.04 Å². The van der Waals surface area contributed by atoms with E-state index < -0.39 is 0 Å². The predicted octanol–water partition coefficient (Wildman–Crippen LogP) is 1.32. The molecule has 0 aromatic rings. The summed E-state index contributed by atoms with van der Waals surface area (Å²) in [6.45, 7) is 5.45. The third-order valence-electron chi connectivity index (χ3n) is 4.79. The Morgan fingerprint density at radius 1 is 1.29 bits per heavy atom. The molecule has 2 aliphatic heterocycles. The number of nitrogens with one attached hydrogen (secondary N) is 1. The van der Waals surface area contributed by atoms with Gasteiger partial charge in [-0.05, 0) is 37.5 Å². The van der Waals surface area contributed by atoms with E-state index in [0.29, 0.717) is 31.2 Å². The molecule has 0 aromatic carbocycles. The lowest BCUT2D eigenvalue weighted by molar-refractivity contribution is -0.137. The molecule has 1 aliphatic carbocycles. The molecule has 0 aromatic heterocycles. The Labute approximate surface area is 126 Å². The molecule has 3 atom stereocenters. The number of amides is 2. The molecule has 3 unspecified atom stereocenters. The van der Waals surface area contributed by atoms with Gasteiger partial charge in [-0.3, -0.25) is 9.59 Å². The quantitative estimate of drug-likeness (QED) is 0.850.